The van der Waals surface area contributed by atoms with Gasteiger partial charge in [0.15, 0.2) is 6.10 Å². The van der Waals surface area contributed by atoms with Crippen molar-refractivity contribution in [3.63, 3.8) is 0 Å². The van der Waals surface area contributed by atoms with Crippen molar-refractivity contribution in [1.29, 1.82) is 0 Å². The maximum Gasteiger partial charge on any atom is 0.268 e. The second-order valence-corrected chi connectivity index (χ2v) is 4.84. The Bertz CT molecular complexity index is 473. The highest BCUT2D eigenvalue weighted by molar-refractivity contribution is 7.80. The molecule has 1 N–H and O–H groups in total. The van der Waals surface area contributed by atoms with Gasteiger partial charge in [-0.05, 0) is 49.7 Å². The van der Waals surface area contributed by atoms with E-state index in [0.29, 0.717) is 6.42 Å². The smallest absolute Gasteiger partial charge is 0.268 e. The normalized spacial score (nSPS) is 19.1. The molecule has 1 atom stereocenters. The van der Waals surface area contributed by atoms with Crippen molar-refractivity contribution in [2.45, 2.75) is 33.3 Å². The molecule has 0 saturated carbocycles. The molecule has 2 rings (SSSR count). The largest absolute Gasteiger partial charge is 0.457 e. The van der Waals surface area contributed by atoms with Gasteiger partial charge in [0.05, 0.1) is 0 Å². The van der Waals surface area contributed by atoms with Crippen molar-refractivity contribution in [2.24, 2.45) is 0 Å². The summed E-state index contributed by atoms with van der Waals surface area (Å²) in [7, 11) is 0. The number of aryl methyl sites for hydroxylation is 3. The first-order chi connectivity index (χ1) is 7.97. The van der Waals surface area contributed by atoms with E-state index in [1.54, 1.807) is 0 Å². The molecule has 3 nitrogen and oxygen atoms in total. The first-order valence-electron chi connectivity index (χ1n) is 5.55. The Morgan fingerprint density at radius 3 is 2.35 bits per heavy atom. The molecule has 4 heteroatoms. The minimum atomic E-state index is -0.484. The second-order valence-electron chi connectivity index (χ2n) is 4.46. The SMILES string of the molecule is Cc1cc(C)c(CC2OC(=S)NC2=O)c(C)c1. The van der Waals surface area contributed by atoms with Crippen LogP contribution in [0.2, 0.25) is 0 Å². The number of hydrogen-bond acceptors (Lipinski definition) is 3. The van der Waals surface area contributed by atoms with Crippen molar-refractivity contribution < 1.29 is 9.53 Å². The monoisotopic (exact) mass is 249 g/mol. The van der Waals surface area contributed by atoms with E-state index in [4.69, 9.17) is 17.0 Å². The Labute approximate surface area is 106 Å². The molecule has 1 heterocycles. The summed E-state index contributed by atoms with van der Waals surface area (Å²) in [5.41, 5.74) is 4.78. The first kappa shape index (κ1) is 12.0. The molecule has 1 aliphatic heterocycles. The fourth-order valence-electron chi connectivity index (χ4n) is 2.24. The van der Waals surface area contributed by atoms with Crippen LogP contribution in [0.5, 0.6) is 0 Å². The van der Waals surface area contributed by atoms with Crippen LogP contribution < -0.4 is 5.32 Å². The molecule has 1 aliphatic rings. The van der Waals surface area contributed by atoms with Crippen LogP contribution in [0.4, 0.5) is 0 Å². The van der Waals surface area contributed by atoms with Gasteiger partial charge in [0, 0.05) is 6.42 Å². The van der Waals surface area contributed by atoms with Crippen LogP contribution in [0, 0.1) is 20.8 Å². The number of carbonyl (C=O) groups is 1. The van der Waals surface area contributed by atoms with Gasteiger partial charge in [-0.2, -0.15) is 0 Å². The minimum absolute atomic E-state index is 0.144. The van der Waals surface area contributed by atoms with E-state index in [1.807, 2.05) is 0 Å². The molecular formula is C13H15NO2S. The number of rotatable bonds is 2. The summed E-state index contributed by atoms with van der Waals surface area (Å²) in [4.78, 5) is 11.6. The van der Waals surface area contributed by atoms with Crippen LogP contribution in [0.1, 0.15) is 22.3 Å². The molecule has 0 spiro atoms. The molecule has 1 fully saturated rings. The molecule has 1 amide bonds. The molecule has 17 heavy (non-hydrogen) atoms. The number of ether oxygens (including phenoxy) is 1. The third-order valence-corrected chi connectivity index (χ3v) is 3.20. The number of carbonyl (C=O) groups excluding carboxylic acids is 1. The molecule has 1 saturated heterocycles. The number of amides is 1. The van der Waals surface area contributed by atoms with E-state index in [1.165, 1.54) is 22.3 Å². The lowest BCUT2D eigenvalue weighted by Crippen LogP contribution is -2.26. The highest BCUT2D eigenvalue weighted by atomic mass is 32.1. The van der Waals surface area contributed by atoms with Gasteiger partial charge in [0.2, 0.25) is 0 Å². The molecular weight excluding hydrogens is 234 g/mol. The van der Waals surface area contributed by atoms with Crippen LogP contribution >= 0.6 is 12.2 Å². The zero-order valence-corrected chi connectivity index (χ0v) is 11.0. The highest BCUT2D eigenvalue weighted by Gasteiger charge is 2.30. The van der Waals surface area contributed by atoms with E-state index in [0.717, 1.165) is 0 Å². The van der Waals surface area contributed by atoms with Crippen molar-refractivity contribution in [2.75, 3.05) is 0 Å². The first-order valence-corrected chi connectivity index (χ1v) is 5.96. The minimum Gasteiger partial charge on any atom is -0.457 e. The van der Waals surface area contributed by atoms with Gasteiger partial charge in [-0.25, -0.2) is 0 Å². The average molecular weight is 249 g/mol. The number of thiocarbonyl (C=S) groups is 1. The molecule has 0 aliphatic carbocycles. The highest BCUT2D eigenvalue weighted by Crippen LogP contribution is 2.20. The lowest BCUT2D eigenvalue weighted by atomic mass is 9.95. The maximum atomic E-state index is 11.6. The van der Waals surface area contributed by atoms with E-state index < -0.39 is 6.10 Å². The van der Waals surface area contributed by atoms with E-state index >= 15 is 0 Å². The summed E-state index contributed by atoms with van der Waals surface area (Å²) >= 11 is 4.82. The third-order valence-electron chi connectivity index (χ3n) is 3.00. The lowest BCUT2D eigenvalue weighted by molar-refractivity contribution is -0.123. The van der Waals surface area contributed by atoms with E-state index in [9.17, 15) is 4.79 Å². The second kappa shape index (κ2) is 4.45. The van der Waals surface area contributed by atoms with Crippen LogP contribution in [0.3, 0.4) is 0 Å². The van der Waals surface area contributed by atoms with Crippen molar-refractivity contribution in [1.82, 2.24) is 5.32 Å². The molecule has 0 radical (unpaired) electrons. The van der Waals surface area contributed by atoms with Gasteiger partial charge in [0.1, 0.15) is 0 Å². The lowest BCUT2D eigenvalue weighted by Gasteiger charge is -2.13. The molecule has 1 aromatic rings. The number of hydrogen-bond donors (Lipinski definition) is 1. The van der Waals surface area contributed by atoms with Crippen LogP contribution in [0.15, 0.2) is 12.1 Å². The fourth-order valence-corrected chi connectivity index (χ4v) is 2.46. The summed E-state index contributed by atoms with van der Waals surface area (Å²) < 4.78 is 5.29. The van der Waals surface area contributed by atoms with Crippen LogP contribution in [0.25, 0.3) is 0 Å². The van der Waals surface area contributed by atoms with Crippen molar-refractivity contribution >= 4 is 23.3 Å². The zero-order valence-electron chi connectivity index (χ0n) is 10.2. The Morgan fingerprint density at radius 2 is 1.88 bits per heavy atom. The van der Waals surface area contributed by atoms with Crippen molar-refractivity contribution in [3.8, 4) is 0 Å². The Kier molecular flexibility index (Phi) is 3.15. The Hall–Kier alpha value is -1.42. The summed E-state index contributed by atoms with van der Waals surface area (Å²) in [5, 5.41) is 2.69. The summed E-state index contributed by atoms with van der Waals surface area (Å²) in [6.45, 7) is 6.18. The summed E-state index contributed by atoms with van der Waals surface area (Å²) in [6, 6.07) is 4.24. The quantitative estimate of drug-likeness (QED) is 0.814. The molecule has 1 aromatic carbocycles. The third kappa shape index (κ3) is 2.47. The van der Waals surface area contributed by atoms with Crippen LogP contribution in [-0.2, 0) is 16.0 Å². The predicted molar refractivity (Wildman–Crippen MR) is 70.0 cm³/mol. The standard InChI is InChI=1S/C13H15NO2S/c1-7-4-8(2)10(9(3)5-7)6-11-12(15)14-13(17)16-11/h4-5,11H,6H2,1-3H3,(H,14,15,17). The zero-order chi connectivity index (χ0) is 12.6. The molecule has 1 unspecified atom stereocenters. The summed E-state index contributed by atoms with van der Waals surface area (Å²) in [6.07, 6.45) is 0.0896. The van der Waals surface area contributed by atoms with Gasteiger partial charge in [-0.1, -0.05) is 17.7 Å². The van der Waals surface area contributed by atoms with Gasteiger partial charge < -0.3 is 4.74 Å². The number of nitrogens with one attached hydrogen (secondary N) is 1. The average Bonchev–Trinajstić information content (AvgIpc) is 2.51. The predicted octanol–water partition coefficient (Wildman–Crippen LogP) is 1.95. The molecule has 90 valence electrons. The number of benzene rings is 1. The van der Waals surface area contributed by atoms with Gasteiger partial charge >= 0.3 is 0 Å². The van der Waals surface area contributed by atoms with Gasteiger partial charge in [0.25, 0.3) is 11.1 Å². The summed E-state index contributed by atoms with van der Waals surface area (Å²) in [5.74, 6) is -0.144. The van der Waals surface area contributed by atoms with Crippen LogP contribution in [-0.4, -0.2) is 17.2 Å². The fraction of sp³-hybridized carbons (Fsp3) is 0.385. The van der Waals surface area contributed by atoms with Crippen molar-refractivity contribution in [3.05, 3.63) is 34.4 Å². The maximum absolute atomic E-state index is 11.6. The van der Waals surface area contributed by atoms with Gasteiger partial charge in [-0.3, -0.25) is 10.1 Å². The van der Waals surface area contributed by atoms with E-state index in [2.05, 4.69) is 38.2 Å². The Morgan fingerprint density at radius 1 is 1.29 bits per heavy atom. The molecule has 0 bridgehead atoms. The molecule has 0 aromatic heterocycles. The van der Waals surface area contributed by atoms with Gasteiger partial charge in [-0.15, -0.1) is 0 Å². The topological polar surface area (TPSA) is 38.3 Å². The van der Waals surface area contributed by atoms with E-state index in [-0.39, 0.29) is 11.1 Å². The Balaban J connectivity index is 2.25.